The van der Waals surface area contributed by atoms with E-state index in [1.807, 2.05) is 6.07 Å². The Bertz CT molecular complexity index is 372. The molecule has 3 heteroatoms. The van der Waals surface area contributed by atoms with Gasteiger partial charge in [0.15, 0.2) is 0 Å². The molecular formula is C14H22N2O. The summed E-state index contributed by atoms with van der Waals surface area (Å²) < 4.78 is 5.72. The second-order valence-corrected chi connectivity index (χ2v) is 4.96. The first-order valence-corrected chi connectivity index (χ1v) is 6.35. The van der Waals surface area contributed by atoms with Gasteiger partial charge in [-0.05, 0) is 44.0 Å². The topological polar surface area (TPSA) is 38.5 Å². The highest BCUT2D eigenvalue weighted by molar-refractivity contribution is 5.59. The third-order valence-electron chi connectivity index (χ3n) is 3.36. The number of nitrogens with two attached hydrogens (primary N) is 1. The van der Waals surface area contributed by atoms with Crippen molar-refractivity contribution < 1.29 is 4.74 Å². The van der Waals surface area contributed by atoms with Gasteiger partial charge in [-0.25, -0.2) is 0 Å². The molecule has 1 aliphatic heterocycles. The average molecular weight is 234 g/mol. The number of nitrogens with zero attached hydrogens (tertiary/aromatic N) is 1. The molecule has 2 atom stereocenters. The summed E-state index contributed by atoms with van der Waals surface area (Å²) >= 11 is 0. The van der Waals surface area contributed by atoms with Crippen molar-refractivity contribution in [2.45, 2.75) is 39.3 Å². The van der Waals surface area contributed by atoms with Crippen LogP contribution in [0.15, 0.2) is 18.2 Å². The first kappa shape index (κ1) is 12.2. The van der Waals surface area contributed by atoms with Crippen molar-refractivity contribution >= 4 is 11.4 Å². The third kappa shape index (κ3) is 2.72. The van der Waals surface area contributed by atoms with E-state index >= 15 is 0 Å². The van der Waals surface area contributed by atoms with Gasteiger partial charge in [-0.15, -0.1) is 0 Å². The average Bonchev–Trinajstić information content (AvgIpc) is 2.27. The number of benzene rings is 1. The van der Waals surface area contributed by atoms with Crippen molar-refractivity contribution in [3.8, 4) is 0 Å². The molecule has 0 aliphatic carbocycles. The summed E-state index contributed by atoms with van der Waals surface area (Å²) in [7, 11) is 0. The Morgan fingerprint density at radius 3 is 2.82 bits per heavy atom. The maximum Gasteiger partial charge on any atom is 0.0723 e. The number of ether oxygens (including phenoxy) is 1. The Morgan fingerprint density at radius 1 is 1.41 bits per heavy atom. The highest BCUT2D eigenvalue weighted by Crippen LogP contribution is 2.26. The molecule has 1 heterocycles. The number of hydrogen-bond donors (Lipinski definition) is 1. The molecule has 2 rings (SSSR count). The standard InChI is InChI=1S/C14H22N2O/c1-4-13-9-17-11(3)8-16(13)14-6-10(2)5-12(15)7-14/h5-7,11,13H,4,8-9,15H2,1-3H3. The zero-order chi connectivity index (χ0) is 12.4. The van der Waals surface area contributed by atoms with Gasteiger partial charge in [0.2, 0.25) is 0 Å². The summed E-state index contributed by atoms with van der Waals surface area (Å²) in [4.78, 5) is 2.43. The van der Waals surface area contributed by atoms with Gasteiger partial charge >= 0.3 is 0 Å². The second-order valence-electron chi connectivity index (χ2n) is 4.96. The van der Waals surface area contributed by atoms with Crippen LogP contribution in [0, 0.1) is 6.92 Å². The predicted octanol–water partition coefficient (Wildman–Crippen LogP) is 2.58. The van der Waals surface area contributed by atoms with Crippen molar-refractivity contribution in [3.05, 3.63) is 23.8 Å². The van der Waals surface area contributed by atoms with Gasteiger partial charge in [-0.3, -0.25) is 0 Å². The van der Waals surface area contributed by atoms with Gasteiger partial charge < -0.3 is 15.4 Å². The lowest BCUT2D eigenvalue weighted by Gasteiger charge is -2.40. The molecule has 1 aliphatic rings. The molecule has 17 heavy (non-hydrogen) atoms. The summed E-state index contributed by atoms with van der Waals surface area (Å²) in [6, 6.07) is 6.74. The number of aryl methyl sites for hydroxylation is 1. The van der Waals surface area contributed by atoms with Crippen LogP contribution < -0.4 is 10.6 Å². The molecule has 3 nitrogen and oxygen atoms in total. The number of hydrogen-bond acceptors (Lipinski definition) is 3. The smallest absolute Gasteiger partial charge is 0.0723 e. The van der Waals surface area contributed by atoms with E-state index in [9.17, 15) is 0 Å². The molecule has 0 saturated carbocycles. The van der Waals surface area contributed by atoms with Crippen LogP contribution in [-0.2, 0) is 4.74 Å². The van der Waals surface area contributed by atoms with Crippen molar-refractivity contribution in [2.24, 2.45) is 0 Å². The van der Waals surface area contributed by atoms with Crippen LogP contribution in [0.5, 0.6) is 0 Å². The Labute approximate surface area is 104 Å². The lowest BCUT2D eigenvalue weighted by atomic mass is 10.1. The highest BCUT2D eigenvalue weighted by atomic mass is 16.5. The van der Waals surface area contributed by atoms with Crippen molar-refractivity contribution in [3.63, 3.8) is 0 Å². The molecule has 0 amide bonds. The Balaban J connectivity index is 2.28. The van der Waals surface area contributed by atoms with Crippen molar-refractivity contribution in [1.29, 1.82) is 0 Å². The summed E-state index contributed by atoms with van der Waals surface area (Å²) in [6.07, 6.45) is 1.39. The first-order valence-electron chi connectivity index (χ1n) is 6.35. The molecule has 2 N–H and O–H groups in total. The van der Waals surface area contributed by atoms with Gasteiger partial charge in [-0.2, -0.15) is 0 Å². The molecule has 0 radical (unpaired) electrons. The summed E-state index contributed by atoms with van der Waals surface area (Å²) in [5.41, 5.74) is 9.21. The molecule has 1 aromatic rings. The fourth-order valence-corrected chi connectivity index (χ4v) is 2.46. The van der Waals surface area contributed by atoms with Crippen LogP contribution in [0.4, 0.5) is 11.4 Å². The van der Waals surface area contributed by atoms with Gasteiger partial charge in [0.25, 0.3) is 0 Å². The molecule has 1 fully saturated rings. The number of anilines is 2. The van der Waals surface area contributed by atoms with Crippen LogP contribution in [0.2, 0.25) is 0 Å². The van der Waals surface area contributed by atoms with E-state index in [4.69, 9.17) is 10.5 Å². The Morgan fingerprint density at radius 2 is 2.18 bits per heavy atom. The minimum absolute atomic E-state index is 0.291. The molecular weight excluding hydrogens is 212 g/mol. The predicted molar refractivity (Wildman–Crippen MR) is 72.4 cm³/mol. The third-order valence-corrected chi connectivity index (χ3v) is 3.36. The molecule has 1 saturated heterocycles. The van der Waals surface area contributed by atoms with Crippen molar-refractivity contribution in [2.75, 3.05) is 23.8 Å². The summed E-state index contributed by atoms with van der Waals surface area (Å²) in [5, 5.41) is 0. The Hall–Kier alpha value is -1.22. The monoisotopic (exact) mass is 234 g/mol. The SMILES string of the molecule is CCC1COC(C)CN1c1cc(C)cc(N)c1. The molecule has 94 valence electrons. The molecule has 2 unspecified atom stereocenters. The lowest BCUT2D eigenvalue weighted by Crippen LogP contribution is -2.48. The van der Waals surface area contributed by atoms with Gasteiger partial charge in [0.05, 0.1) is 18.8 Å². The lowest BCUT2D eigenvalue weighted by molar-refractivity contribution is 0.0299. The fourth-order valence-electron chi connectivity index (χ4n) is 2.46. The summed E-state index contributed by atoms with van der Waals surface area (Å²) in [5.74, 6) is 0. The maximum absolute atomic E-state index is 5.93. The van der Waals surface area contributed by atoms with E-state index in [0.29, 0.717) is 12.1 Å². The van der Waals surface area contributed by atoms with Crippen LogP contribution in [0.1, 0.15) is 25.8 Å². The largest absolute Gasteiger partial charge is 0.399 e. The van der Waals surface area contributed by atoms with E-state index in [0.717, 1.165) is 25.3 Å². The normalized spacial score (nSPS) is 25.0. The van der Waals surface area contributed by atoms with E-state index in [-0.39, 0.29) is 0 Å². The van der Waals surface area contributed by atoms with Crippen LogP contribution in [-0.4, -0.2) is 25.3 Å². The molecule has 0 spiro atoms. The zero-order valence-electron chi connectivity index (χ0n) is 10.9. The van der Waals surface area contributed by atoms with Crippen molar-refractivity contribution in [1.82, 2.24) is 0 Å². The minimum Gasteiger partial charge on any atom is -0.399 e. The van der Waals surface area contributed by atoms with E-state index in [1.54, 1.807) is 0 Å². The van der Waals surface area contributed by atoms with Crippen LogP contribution >= 0.6 is 0 Å². The van der Waals surface area contributed by atoms with E-state index < -0.39 is 0 Å². The quantitative estimate of drug-likeness (QED) is 0.799. The zero-order valence-corrected chi connectivity index (χ0v) is 10.9. The molecule has 0 aromatic heterocycles. The molecule has 0 bridgehead atoms. The number of morpholine rings is 1. The number of nitrogen functional groups attached to an aromatic ring is 1. The minimum atomic E-state index is 0.291. The van der Waals surface area contributed by atoms with Crippen LogP contribution in [0.3, 0.4) is 0 Å². The number of rotatable bonds is 2. The maximum atomic E-state index is 5.93. The fraction of sp³-hybridized carbons (Fsp3) is 0.571. The van der Waals surface area contributed by atoms with E-state index in [1.165, 1.54) is 11.3 Å². The van der Waals surface area contributed by atoms with Gasteiger partial charge in [-0.1, -0.05) is 6.92 Å². The van der Waals surface area contributed by atoms with Crippen LogP contribution in [0.25, 0.3) is 0 Å². The van der Waals surface area contributed by atoms with Gasteiger partial charge in [0, 0.05) is 17.9 Å². The first-order chi connectivity index (χ1) is 8.10. The summed E-state index contributed by atoms with van der Waals surface area (Å²) in [6.45, 7) is 8.17. The Kier molecular flexibility index (Phi) is 3.57. The molecule has 1 aromatic carbocycles. The van der Waals surface area contributed by atoms with E-state index in [2.05, 4.69) is 37.8 Å². The highest BCUT2D eigenvalue weighted by Gasteiger charge is 2.25. The second kappa shape index (κ2) is 4.96. The van der Waals surface area contributed by atoms with Gasteiger partial charge in [0.1, 0.15) is 0 Å².